The molecule has 0 aliphatic heterocycles. The van der Waals surface area contributed by atoms with E-state index in [1.165, 1.54) is 57.8 Å². The van der Waals surface area contributed by atoms with Gasteiger partial charge in [-0.05, 0) is 25.2 Å². The summed E-state index contributed by atoms with van der Waals surface area (Å²) in [4.78, 5) is 0. The van der Waals surface area contributed by atoms with Gasteiger partial charge in [-0.1, -0.05) is 68.0 Å². The van der Waals surface area contributed by atoms with Crippen LogP contribution in [0, 0.1) is 5.92 Å². The zero-order valence-electron chi connectivity index (χ0n) is 8.90. The monoisotopic (exact) mass is 294 g/mol. The van der Waals surface area contributed by atoms with Crippen molar-refractivity contribution in [3.05, 3.63) is 0 Å². The first kappa shape index (κ1) is 11.8. The van der Waals surface area contributed by atoms with E-state index < -0.39 is 0 Å². The Morgan fingerprint density at radius 1 is 1.15 bits per heavy atom. The van der Waals surface area contributed by atoms with Gasteiger partial charge in [-0.25, -0.2) is 0 Å². The second-order valence-corrected chi connectivity index (χ2v) is 6.01. The van der Waals surface area contributed by atoms with E-state index in [0.29, 0.717) is 0 Å². The number of alkyl halides is 1. The van der Waals surface area contributed by atoms with Crippen LogP contribution in [0.1, 0.15) is 64.7 Å². The van der Waals surface area contributed by atoms with Crippen LogP contribution in [0.25, 0.3) is 0 Å². The smallest absolute Gasteiger partial charge is 0.0138 e. The summed E-state index contributed by atoms with van der Waals surface area (Å²) in [5.41, 5.74) is 0. The molecular formula is C12H23I. The lowest BCUT2D eigenvalue weighted by Crippen LogP contribution is -2.17. The molecule has 0 amide bonds. The van der Waals surface area contributed by atoms with Crippen LogP contribution in [0.3, 0.4) is 0 Å². The number of rotatable bonds is 5. The van der Waals surface area contributed by atoms with E-state index in [4.69, 9.17) is 0 Å². The molecule has 0 aromatic rings. The molecular weight excluding hydrogens is 271 g/mol. The molecule has 13 heavy (non-hydrogen) atoms. The predicted molar refractivity (Wildman–Crippen MR) is 68.5 cm³/mol. The average Bonchev–Trinajstić information content (AvgIpc) is 2.19. The van der Waals surface area contributed by atoms with Gasteiger partial charge in [0, 0.05) is 3.92 Å². The molecule has 0 aromatic carbocycles. The molecule has 1 fully saturated rings. The molecule has 1 unspecified atom stereocenters. The summed E-state index contributed by atoms with van der Waals surface area (Å²) in [6.45, 7) is 2.29. The summed E-state index contributed by atoms with van der Waals surface area (Å²) in [7, 11) is 0. The first-order valence-corrected chi connectivity index (χ1v) is 7.23. The van der Waals surface area contributed by atoms with Gasteiger partial charge in [0.2, 0.25) is 0 Å². The number of hydrogen-bond acceptors (Lipinski definition) is 0. The van der Waals surface area contributed by atoms with E-state index >= 15 is 0 Å². The van der Waals surface area contributed by atoms with Gasteiger partial charge in [0.25, 0.3) is 0 Å². The van der Waals surface area contributed by atoms with Crippen LogP contribution in [-0.2, 0) is 0 Å². The Morgan fingerprint density at radius 3 is 2.46 bits per heavy atom. The fourth-order valence-corrected chi connectivity index (χ4v) is 3.48. The molecule has 78 valence electrons. The lowest BCUT2D eigenvalue weighted by atomic mass is 9.85. The largest absolute Gasteiger partial charge is 0.0823 e. The predicted octanol–water partition coefficient (Wildman–Crippen LogP) is 4.95. The summed E-state index contributed by atoms with van der Waals surface area (Å²) in [6.07, 6.45) is 13.3. The molecule has 1 aliphatic rings. The number of unbranched alkanes of at least 4 members (excludes halogenated alkanes) is 2. The molecule has 1 aliphatic carbocycles. The highest BCUT2D eigenvalue weighted by Gasteiger charge is 2.20. The van der Waals surface area contributed by atoms with E-state index in [0.717, 1.165) is 9.84 Å². The molecule has 1 rings (SSSR count). The second-order valence-electron chi connectivity index (χ2n) is 4.41. The van der Waals surface area contributed by atoms with Gasteiger partial charge in [-0.2, -0.15) is 0 Å². The first-order valence-electron chi connectivity index (χ1n) is 5.98. The Hall–Kier alpha value is 0.730. The Labute approximate surface area is 97.0 Å². The highest BCUT2D eigenvalue weighted by atomic mass is 127. The van der Waals surface area contributed by atoms with E-state index in [-0.39, 0.29) is 0 Å². The van der Waals surface area contributed by atoms with Crippen molar-refractivity contribution in [2.45, 2.75) is 68.6 Å². The average molecular weight is 294 g/mol. The third kappa shape index (κ3) is 4.66. The summed E-state index contributed by atoms with van der Waals surface area (Å²) in [5.74, 6) is 1.06. The van der Waals surface area contributed by atoms with E-state index in [1.807, 2.05) is 0 Å². The normalized spacial score (nSPS) is 21.7. The van der Waals surface area contributed by atoms with E-state index in [2.05, 4.69) is 29.5 Å². The van der Waals surface area contributed by atoms with Gasteiger partial charge in [0.05, 0.1) is 0 Å². The highest BCUT2D eigenvalue weighted by Crippen LogP contribution is 2.32. The van der Waals surface area contributed by atoms with Crippen molar-refractivity contribution < 1.29 is 0 Å². The van der Waals surface area contributed by atoms with Gasteiger partial charge >= 0.3 is 0 Å². The van der Waals surface area contributed by atoms with E-state index in [1.54, 1.807) is 0 Å². The molecule has 0 radical (unpaired) electrons. The molecule has 0 nitrogen and oxygen atoms in total. The molecule has 0 spiro atoms. The molecule has 0 heterocycles. The first-order chi connectivity index (χ1) is 6.34. The summed E-state index contributed by atoms with van der Waals surface area (Å²) < 4.78 is 0.976. The van der Waals surface area contributed by atoms with Crippen LogP contribution in [0.15, 0.2) is 0 Å². The molecule has 0 bridgehead atoms. The zero-order chi connectivity index (χ0) is 9.52. The van der Waals surface area contributed by atoms with Crippen molar-refractivity contribution in [3.8, 4) is 0 Å². The van der Waals surface area contributed by atoms with Gasteiger partial charge in [0.1, 0.15) is 0 Å². The van der Waals surface area contributed by atoms with Gasteiger partial charge in [-0.15, -0.1) is 0 Å². The maximum atomic E-state index is 2.70. The van der Waals surface area contributed by atoms with Crippen molar-refractivity contribution >= 4 is 22.6 Å². The van der Waals surface area contributed by atoms with Crippen molar-refractivity contribution in [3.63, 3.8) is 0 Å². The standard InChI is InChI=1S/C12H23I/c1-2-3-5-10-12(13)11-8-6-4-7-9-11/h11-12H,2-10H2,1H3. The fraction of sp³-hybridized carbons (Fsp3) is 1.00. The molecule has 0 aromatic heterocycles. The van der Waals surface area contributed by atoms with Crippen LogP contribution in [0.5, 0.6) is 0 Å². The SMILES string of the molecule is CCCCCC(I)C1CCCCC1. The minimum atomic E-state index is 0.976. The second kappa shape index (κ2) is 7.08. The minimum Gasteiger partial charge on any atom is -0.0823 e. The zero-order valence-corrected chi connectivity index (χ0v) is 11.1. The van der Waals surface area contributed by atoms with Gasteiger partial charge < -0.3 is 0 Å². The quantitative estimate of drug-likeness (QED) is 0.382. The molecule has 0 saturated heterocycles. The minimum absolute atomic E-state index is 0.976. The Bertz CT molecular complexity index is 116. The van der Waals surface area contributed by atoms with Crippen LogP contribution >= 0.6 is 22.6 Å². The fourth-order valence-electron chi connectivity index (χ4n) is 2.32. The van der Waals surface area contributed by atoms with Crippen molar-refractivity contribution in [2.24, 2.45) is 5.92 Å². The highest BCUT2D eigenvalue weighted by molar-refractivity contribution is 14.1. The van der Waals surface area contributed by atoms with Crippen molar-refractivity contribution in [1.29, 1.82) is 0 Å². The summed E-state index contributed by atoms with van der Waals surface area (Å²) >= 11 is 2.70. The van der Waals surface area contributed by atoms with Crippen molar-refractivity contribution in [1.82, 2.24) is 0 Å². The topological polar surface area (TPSA) is 0 Å². The maximum absolute atomic E-state index is 2.70. The van der Waals surface area contributed by atoms with Crippen LogP contribution in [0.2, 0.25) is 0 Å². The van der Waals surface area contributed by atoms with Crippen LogP contribution in [0.4, 0.5) is 0 Å². The van der Waals surface area contributed by atoms with E-state index in [9.17, 15) is 0 Å². The lowest BCUT2D eigenvalue weighted by Gasteiger charge is -2.26. The Morgan fingerprint density at radius 2 is 1.85 bits per heavy atom. The van der Waals surface area contributed by atoms with Gasteiger partial charge in [-0.3, -0.25) is 0 Å². The molecule has 1 heteroatoms. The van der Waals surface area contributed by atoms with Gasteiger partial charge in [0.15, 0.2) is 0 Å². The Kier molecular flexibility index (Phi) is 6.43. The molecule has 1 saturated carbocycles. The number of hydrogen-bond donors (Lipinski definition) is 0. The Balaban J connectivity index is 2.09. The molecule has 1 atom stereocenters. The molecule has 0 N–H and O–H groups in total. The third-order valence-corrected chi connectivity index (χ3v) is 4.88. The van der Waals surface area contributed by atoms with Crippen LogP contribution in [-0.4, -0.2) is 3.92 Å². The van der Waals surface area contributed by atoms with Crippen LogP contribution < -0.4 is 0 Å². The number of halogens is 1. The summed E-state index contributed by atoms with van der Waals surface area (Å²) in [5, 5.41) is 0. The summed E-state index contributed by atoms with van der Waals surface area (Å²) in [6, 6.07) is 0. The maximum Gasteiger partial charge on any atom is 0.0138 e. The lowest BCUT2D eigenvalue weighted by molar-refractivity contribution is 0.345. The third-order valence-electron chi connectivity index (χ3n) is 3.24. The van der Waals surface area contributed by atoms with Crippen molar-refractivity contribution in [2.75, 3.05) is 0 Å².